The summed E-state index contributed by atoms with van der Waals surface area (Å²) in [6.07, 6.45) is 3.18. The predicted molar refractivity (Wildman–Crippen MR) is 183 cm³/mol. The van der Waals surface area contributed by atoms with E-state index in [1.54, 1.807) is 24.5 Å². The molecule has 0 radical (unpaired) electrons. The fourth-order valence-electron chi connectivity index (χ4n) is 6.05. The summed E-state index contributed by atoms with van der Waals surface area (Å²) in [7, 11) is 2.14. The maximum absolute atomic E-state index is 12.7. The summed E-state index contributed by atoms with van der Waals surface area (Å²) in [5.74, 6) is -0.159. The molecule has 1 saturated heterocycles. The minimum atomic E-state index is -0.542. The highest BCUT2D eigenvalue weighted by atomic mass is 16.7. The van der Waals surface area contributed by atoms with E-state index in [1.165, 1.54) is 5.56 Å². The van der Waals surface area contributed by atoms with Crippen molar-refractivity contribution in [2.45, 2.75) is 51.0 Å². The van der Waals surface area contributed by atoms with Crippen molar-refractivity contribution >= 4 is 5.91 Å². The molecule has 4 atom stereocenters. The molecule has 0 saturated carbocycles. The van der Waals surface area contributed by atoms with Gasteiger partial charge in [-0.05, 0) is 59.5 Å². The van der Waals surface area contributed by atoms with Gasteiger partial charge in [0.1, 0.15) is 0 Å². The molecule has 1 aromatic heterocycles. The molecule has 6 rings (SSSR count). The highest BCUT2D eigenvalue weighted by Crippen LogP contribution is 2.39. The number of aliphatic hydroxyl groups excluding tert-OH is 1. The van der Waals surface area contributed by atoms with Gasteiger partial charge in [0.2, 0.25) is 0 Å². The molecule has 4 aromatic carbocycles. The van der Waals surface area contributed by atoms with Crippen molar-refractivity contribution in [1.82, 2.24) is 15.2 Å². The van der Waals surface area contributed by atoms with Crippen LogP contribution < -0.4 is 5.32 Å². The Bertz CT molecular complexity index is 1730. The number of nitrogens with zero attached hydrogens (tertiary/aromatic N) is 2. The Labute approximate surface area is 276 Å². The highest BCUT2D eigenvalue weighted by Gasteiger charge is 2.33. The minimum Gasteiger partial charge on any atom is -0.392 e. The van der Waals surface area contributed by atoms with Gasteiger partial charge in [0.15, 0.2) is 6.29 Å². The average molecular weight is 628 g/mol. The van der Waals surface area contributed by atoms with Gasteiger partial charge in [0.25, 0.3) is 5.91 Å². The first kappa shape index (κ1) is 32.3. The quantitative estimate of drug-likeness (QED) is 0.159. The molecule has 1 aliphatic rings. The van der Waals surface area contributed by atoms with E-state index in [9.17, 15) is 9.90 Å². The summed E-state index contributed by atoms with van der Waals surface area (Å²) in [6, 6.07) is 38.6. The third kappa shape index (κ3) is 8.02. The van der Waals surface area contributed by atoms with Gasteiger partial charge in [-0.15, -0.1) is 0 Å². The summed E-state index contributed by atoms with van der Waals surface area (Å²) in [4.78, 5) is 19.0. The molecule has 0 spiro atoms. The molecule has 47 heavy (non-hydrogen) atoms. The van der Waals surface area contributed by atoms with Crippen LogP contribution in [0.4, 0.5) is 0 Å². The number of rotatable bonds is 11. The molecule has 1 fully saturated rings. The van der Waals surface area contributed by atoms with Crippen LogP contribution in [0.2, 0.25) is 0 Å². The van der Waals surface area contributed by atoms with Gasteiger partial charge in [-0.25, -0.2) is 0 Å². The Morgan fingerprint density at radius 1 is 0.894 bits per heavy atom. The van der Waals surface area contributed by atoms with Gasteiger partial charge < -0.3 is 19.9 Å². The van der Waals surface area contributed by atoms with E-state index in [1.807, 2.05) is 48.5 Å². The van der Waals surface area contributed by atoms with Crippen molar-refractivity contribution in [3.8, 4) is 11.1 Å². The lowest BCUT2D eigenvalue weighted by Gasteiger charge is -2.39. The SMILES string of the molecule is C[C@@H](c1ccccc1)N(C)C[C@@H]1C[C@H](c2ccc(CO)cc2)O[C@H](c2ccc(-c3ccccc3CNC(=O)c3cccnc3)cc2)O1. The lowest BCUT2D eigenvalue weighted by molar-refractivity contribution is -0.253. The number of carbonyl (C=O) groups is 1. The number of ether oxygens (including phenoxy) is 2. The summed E-state index contributed by atoms with van der Waals surface area (Å²) in [6.45, 7) is 3.37. The molecular formula is C40H41N3O4. The van der Waals surface area contributed by atoms with Crippen LogP contribution in [0.25, 0.3) is 11.1 Å². The zero-order valence-corrected chi connectivity index (χ0v) is 26.8. The zero-order chi connectivity index (χ0) is 32.6. The molecule has 0 unspecified atom stereocenters. The van der Waals surface area contributed by atoms with Gasteiger partial charge in [-0.1, -0.05) is 103 Å². The number of likely N-dealkylation sites (N-methyl/N-ethyl adjacent to an activating group) is 1. The maximum Gasteiger partial charge on any atom is 0.253 e. The second kappa shape index (κ2) is 15.3. The van der Waals surface area contributed by atoms with E-state index >= 15 is 0 Å². The van der Waals surface area contributed by atoms with Crippen molar-refractivity contribution in [2.24, 2.45) is 0 Å². The number of aromatic nitrogens is 1. The number of carbonyl (C=O) groups excluding carboxylic acids is 1. The van der Waals surface area contributed by atoms with Crippen molar-refractivity contribution in [2.75, 3.05) is 13.6 Å². The van der Waals surface area contributed by atoms with Gasteiger partial charge >= 0.3 is 0 Å². The van der Waals surface area contributed by atoms with E-state index in [-0.39, 0.29) is 30.8 Å². The summed E-state index contributed by atoms with van der Waals surface area (Å²) < 4.78 is 13.3. The van der Waals surface area contributed by atoms with E-state index < -0.39 is 6.29 Å². The maximum atomic E-state index is 12.7. The van der Waals surface area contributed by atoms with E-state index in [4.69, 9.17) is 9.47 Å². The Kier molecular flexibility index (Phi) is 10.5. The molecule has 1 aliphatic heterocycles. The number of hydrogen-bond acceptors (Lipinski definition) is 6. The molecule has 5 aromatic rings. The largest absolute Gasteiger partial charge is 0.392 e. The third-order valence-corrected chi connectivity index (χ3v) is 8.92. The zero-order valence-electron chi connectivity index (χ0n) is 26.8. The van der Waals surface area contributed by atoms with Gasteiger partial charge in [-0.2, -0.15) is 0 Å². The number of nitrogens with one attached hydrogen (secondary N) is 1. The van der Waals surface area contributed by atoms with E-state index in [0.717, 1.165) is 46.3 Å². The van der Waals surface area contributed by atoms with Crippen LogP contribution in [0.5, 0.6) is 0 Å². The van der Waals surface area contributed by atoms with Crippen LogP contribution in [-0.4, -0.2) is 40.6 Å². The van der Waals surface area contributed by atoms with Crippen molar-refractivity contribution in [3.05, 3.63) is 161 Å². The number of amides is 1. The molecule has 0 aliphatic carbocycles. The van der Waals surface area contributed by atoms with Gasteiger partial charge in [0.05, 0.1) is 24.4 Å². The number of benzene rings is 4. The van der Waals surface area contributed by atoms with Crippen LogP contribution >= 0.6 is 0 Å². The molecule has 240 valence electrons. The first-order valence-corrected chi connectivity index (χ1v) is 16.1. The predicted octanol–water partition coefficient (Wildman–Crippen LogP) is 7.41. The minimum absolute atomic E-state index is 0.00862. The average Bonchev–Trinajstić information content (AvgIpc) is 3.14. The van der Waals surface area contributed by atoms with Crippen molar-refractivity contribution in [3.63, 3.8) is 0 Å². The first-order valence-electron chi connectivity index (χ1n) is 16.1. The topological polar surface area (TPSA) is 83.9 Å². The summed E-state index contributed by atoms with van der Waals surface area (Å²) in [5, 5.41) is 12.6. The molecule has 7 nitrogen and oxygen atoms in total. The fourth-order valence-corrected chi connectivity index (χ4v) is 6.05. The number of aliphatic hydroxyl groups is 1. The van der Waals surface area contributed by atoms with Crippen molar-refractivity contribution < 1.29 is 19.4 Å². The smallest absolute Gasteiger partial charge is 0.253 e. The summed E-state index contributed by atoms with van der Waals surface area (Å²) in [5.41, 5.74) is 7.79. The second-order valence-corrected chi connectivity index (χ2v) is 12.1. The van der Waals surface area contributed by atoms with E-state index in [2.05, 4.69) is 83.8 Å². The first-order chi connectivity index (χ1) is 23.0. The molecule has 7 heteroatoms. The molecule has 1 amide bonds. The third-order valence-electron chi connectivity index (χ3n) is 8.92. The lowest BCUT2D eigenvalue weighted by atomic mass is 9.97. The van der Waals surface area contributed by atoms with Gasteiger partial charge in [-0.3, -0.25) is 14.7 Å². The van der Waals surface area contributed by atoms with Crippen molar-refractivity contribution in [1.29, 1.82) is 0 Å². The fraction of sp³-hybridized carbons (Fsp3) is 0.250. The normalized spacial score (nSPS) is 18.5. The lowest BCUT2D eigenvalue weighted by Crippen LogP contribution is -2.38. The molecular weight excluding hydrogens is 586 g/mol. The summed E-state index contributed by atoms with van der Waals surface area (Å²) >= 11 is 0. The highest BCUT2D eigenvalue weighted by molar-refractivity contribution is 5.93. The molecule has 2 N–H and O–H groups in total. The van der Waals surface area contributed by atoms with Crippen LogP contribution in [0.3, 0.4) is 0 Å². The Balaban J connectivity index is 1.20. The van der Waals surface area contributed by atoms with Crippen LogP contribution in [0.15, 0.2) is 128 Å². The number of pyridine rings is 1. The molecule has 0 bridgehead atoms. The molecule has 2 heterocycles. The van der Waals surface area contributed by atoms with Crippen LogP contribution in [0, 0.1) is 0 Å². The van der Waals surface area contributed by atoms with Crippen LogP contribution in [-0.2, 0) is 22.6 Å². The second-order valence-electron chi connectivity index (χ2n) is 12.1. The number of hydrogen-bond donors (Lipinski definition) is 2. The monoisotopic (exact) mass is 627 g/mol. The van der Waals surface area contributed by atoms with Gasteiger partial charge in [0, 0.05) is 43.5 Å². The van der Waals surface area contributed by atoms with Crippen LogP contribution in [0.1, 0.15) is 70.0 Å². The Morgan fingerprint density at radius 2 is 1.62 bits per heavy atom. The Hall–Kier alpha value is -4.66. The van der Waals surface area contributed by atoms with E-state index in [0.29, 0.717) is 12.1 Å². The standard InChI is InChI=1S/C40H41N3O4/c1-28(30-9-4-3-5-10-30)43(2)26-36-23-38(32-16-14-29(27-44)15-17-32)47-40(46-36)33-20-18-31(19-21-33)37-13-7-6-11-34(37)25-42-39(45)35-12-8-22-41-24-35/h3-22,24,28,36,38,40,44H,23,25-27H2,1-2H3,(H,42,45)/t28-,36-,38+,40+/m0/s1. The Morgan fingerprint density at radius 3 is 2.34 bits per heavy atom.